The number of benzene rings is 1. The van der Waals surface area contributed by atoms with E-state index in [1.165, 1.54) is 11.3 Å². The maximum atomic E-state index is 11.3. The van der Waals surface area contributed by atoms with Gasteiger partial charge in [0.1, 0.15) is 0 Å². The zero-order valence-electron chi connectivity index (χ0n) is 6.93. The van der Waals surface area contributed by atoms with Gasteiger partial charge in [0.15, 0.2) is 6.39 Å². The second kappa shape index (κ2) is 2.62. The minimum absolute atomic E-state index is 0.370. The van der Waals surface area contributed by atoms with Crippen LogP contribution in [0.1, 0.15) is 0 Å². The van der Waals surface area contributed by atoms with Crippen molar-refractivity contribution >= 4 is 32.5 Å². The minimum Gasteiger partial charge on any atom is -0.411 e. The molecule has 4 nitrogen and oxygen atoms in total. The third-order valence-electron chi connectivity index (χ3n) is 2.02. The first-order valence-corrected chi connectivity index (χ1v) is 4.83. The summed E-state index contributed by atoms with van der Waals surface area (Å²) in [4.78, 5) is 19.4. The molecular weight excluding hydrogens is 200 g/mol. The highest BCUT2D eigenvalue weighted by Crippen LogP contribution is 2.21. The van der Waals surface area contributed by atoms with E-state index in [2.05, 4.69) is 14.4 Å². The monoisotopic (exact) mass is 204 g/mol. The van der Waals surface area contributed by atoms with Crippen molar-refractivity contribution < 1.29 is 4.42 Å². The van der Waals surface area contributed by atoms with Gasteiger partial charge < -0.3 is 4.42 Å². The van der Waals surface area contributed by atoms with Crippen molar-refractivity contribution in [1.29, 1.82) is 0 Å². The van der Waals surface area contributed by atoms with Gasteiger partial charge in [0.05, 0.1) is 26.6 Å². The number of aromatic nitrogens is 2. The standard InChI is InChI=1S/C9H4N2O2S/c12-9-5-1-7-8(14-4-11-7)2-6(5)10-3-13-9/h1-4H. The Morgan fingerprint density at radius 3 is 3.07 bits per heavy atom. The van der Waals surface area contributed by atoms with E-state index in [1.807, 2.05) is 6.07 Å². The van der Waals surface area contributed by atoms with Crippen molar-refractivity contribution in [2.24, 2.45) is 0 Å². The predicted molar refractivity (Wildman–Crippen MR) is 53.5 cm³/mol. The summed E-state index contributed by atoms with van der Waals surface area (Å²) < 4.78 is 5.70. The van der Waals surface area contributed by atoms with Gasteiger partial charge in [0.25, 0.3) is 0 Å². The number of fused-ring (bicyclic) bond motifs is 2. The summed E-state index contributed by atoms with van der Waals surface area (Å²) in [6.45, 7) is 0. The van der Waals surface area contributed by atoms with Crippen LogP contribution in [0.5, 0.6) is 0 Å². The Labute approximate surface area is 81.8 Å². The van der Waals surface area contributed by atoms with E-state index in [1.54, 1.807) is 11.6 Å². The van der Waals surface area contributed by atoms with Crippen LogP contribution >= 0.6 is 11.3 Å². The van der Waals surface area contributed by atoms with Crippen LogP contribution in [0.3, 0.4) is 0 Å². The van der Waals surface area contributed by atoms with E-state index in [-0.39, 0.29) is 5.63 Å². The van der Waals surface area contributed by atoms with Gasteiger partial charge in [-0.1, -0.05) is 0 Å². The molecule has 0 radical (unpaired) electrons. The molecule has 0 fully saturated rings. The second-order valence-corrected chi connectivity index (χ2v) is 3.72. The molecule has 2 aromatic heterocycles. The van der Waals surface area contributed by atoms with Gasteiger partial charge in [-0.05, 0) is 12.1 Å². The molecule has 0 aliphatic heterocycles. The lowest BCUT2D eigenvalue weighted by atomic mass is 10.2. The van der Waals surface area contributed by atoms with Crippen molar-refractivity contribution in [3.8, 4) is 0 Å². The van der Waals surface area contributed by atoms with Gasteiger partial charge in [0, 0.05) is 0 Å². The molecule has 1 aromatic carbocycles. The highest BCUT2D eigenvalue weighted by Gasteiger charge is 2.04. The number of hydrogen-bond acceptors (Lipinski definition) is 5. The van der Waals surface area contributed by atoms with Gasteiger partial charge in [-0.15, -0.1) is 11.3 Å². The van der Waals surface area contributed by atoms with Crippen LogP contribution in [0, 0.1) is 0 Å². The molecule has 0 saturated heterocycles. The first kappa shape index (κ1) is 7.64. The lowest BCUT2D eigenvalue weighted by Gasteiger charge is -1.93. The molecule has 68 valence electrons. The van der Waals surface area contributed by atoms with Crippen LogP contribution in [0.25, 0.3) is 21.1 Å². The Balaban J connectivity index is 2.63. The first-order valence-electron chi connectivity index (χ1n) is 3.95. The van der Waals surface area contributed by atoms with E-state index in [4.69, 9.17) is 0 Å². The van der Waals surface area contributed by atoms with Gasteiger partial charge in [-0.2, -0.15) is 0 Å². The Kier molecular flexibility index (Phi) is 1.43. The molecule has 3 rings (SSSR count). The summed E-state index contributed by atoms with van der Waals surface area (Å²) in [5.41, 5.74) is 2.83. The van der Waals surface area contributed by atoms with Crippen molar-refractivity contribution in [2.75, 3.05) is 0 Å². The van der Waals surface area contributed by atoms with Crippen LogP contribution in [0.2, 0.25) is 0 Å². The molecule has 0 spiro atoms. The van der Waals surface area contributed by atoms with Crippen molar-refractivity contribution in [2.45, 2.75) is 0 Å². The van der Waals surface area contributed by atoms with E-state index < -0.39 is 0 Å². The Morgan fingerprint density at radius 1 is 1.21 bits per heavy atom. The quantitative estimate of drug-likeness (QED) is 0.560. The summed E-state index contributed by atoms with van der Waals surface area (Å²) in [5.74, 6) is 0. The fourth-order valence-electron chi connectivity index (χ4n) is 1.36. The topological polar surface area (TPSA) is 56.0 Å². The Morgan fingerprint density at radius 2 is 2.14 bits per heavy atom. The summed E-state index contributed by atoms with van der Waals surface area (Å²) in [7, 11) is 0. The van der Waals surface area contributed by atoms with Crippen molar-refractivity contribution in [3.05, 3.63) is 34.5 Å². The van der Waals surface area contributed by atoms with Gasteiger partial charge in [-0.25, -0.2) is 14.8 Å². The Bertz CT molecular complexity index is 671. The van der Waals surface area contributed by atoms with Crippen molar-refractivity contribution in [1.82, 2.24) is 9.97 Å². The highest BCUT2D eigenvalue weighted by atomic mass is 32.1. The maximum Gasteiger partial charge on any atom is 0.346 e. The predicted octanol–water partition coefficient (Wildman–Crippen LogP) is 1.80. The summed E-state index contributed by atoms with van der Waals surface area (Å²) in [6.07, 6.45) is 1.16. The molecule has 0 bridgehead atoms. The number of rotatable bonds is 0. The van der Waals surface area contributed by atoms with E-state index >= 15 is 0 Å². The van der Waals surface area contributed by atoms with Gasteiger partial charge in [0.2, 0.25) is 0 Å². The molecule has 2 heterocycles. The van der Waals surface area contributed by atoms with Crippen molar-refractivity contribution in [3.63, 3.8) is 0 Å². The number of hydrogen-bond donors (Lipinski definition) is 0. The van der Waals surface area contributed by atoms with Gasteiger partial charge in [-0.3, -0.25) is 0 Å². The lowest BCUT2D eigenvalue weighted by molar-refractivity contribution is 0.501. The molecule has 0 aliphatic rings. The average Bonchev–Trinajstić information content (AvgIpc) is 2.62. The number of nitrogens with zero attached hydrogens (tertiary/aromatic N) is 2. The molecule has 0 N–H and O–H groups in total. The van der Waals surface area contributed by atoms with Gasteiger partial charge >= 0.3 is 5.63 Å². The zero-order chi connectivity index (χ0) is 9.54. The molecule has 0 saturated carbocycles. The third kappa shape index (κ3) is 0.958. The largest absolute Gasteiger partial charge is 0.411 e. The molecule has 3 aromatic rings. The maximum absolute atomic E-state index is 11.3. The smallest absolute Gasteiger partial charge is 0.346 e. The summed E-state index contributed by atoms with van der Waals surface area (Å²) in [5, 5.41) is 0.478. The van der Waals surface area contributed by atoms with E-state index in [9.17, 15) is 4.79 Å². The second-order valence-electron chi connectivity index (χ2n) is 2.83. The van der Waals surface area contributed by atoms with Crippen LogP contribution < -0.4 is 5.63 Å². The lowest BCUT2D eigenvalue weighted by Crippen LogP contribution is -1.99. The molecule has 0 amide bonds. The van der Waals surface area contributed by atoms with Crippen LogP contribution in [-0.4, -0.2) is 9.97 Å². The molecule has 0 unspecified atom stereocenters. The molecule has 14 heavy (non-hydrogen) atoms. The molecule has 5 heteroatoms. The van der Waals surface area contributed by atoms with E-state index in [0.29, 0.717) is 10.9 Å². The zero-order valence-corrected chi connectivity index (χ0v) is 7.75. The molecule has 0 aliphatic carbocycles. The number of thiazole rings is 1. The van der Waals surface area contributed by atoms with Crippen LogP contribution in [-0.2, 0) is 0 Å². The molecular formula is C9H4N2O2S. The van der Waals surface area contributed by atoms with E-state index in [0.717, 1.165) is 16.6 Å². The normalized spacial score (nSPS) is 11.1. The summed E-state index contributed by atoms with van der Waals surface area (Å²) >= 11 is 1.52. The fraction of sp³-hybridized carbons (Fsp3) is 0. The molecule has 0 atom stereocenters. The highest BCUT2D eigenvalue weighted by molar-refractivity contribution is 7.16. The summed E-state index contributed by atoms with van der Waals surface area (Å²) in [6, 6.07) is 3.55. The van der Waals surface area contributed by atoms with Crippen LogP contribution in [0.4, 0.5) is 0 Å². The SMILES string of the molecule is O=c1ocnc2cc3scnc3cc12. The average molecular weight is 204 g/mol. The minimum atomic E-state index is -0.370. The third-order valence-corrected chi connectivity index (χ3v) is 2.81. The van der Waals surface area contributed by atoms with Crippen LogP contribution in [0.15, 0.2) is 33.2 Å². The Hall–Kier alpha value is -1.75. The fourth-order valence-corrected chi connectivity index (χ4v) is 2.05. The first-order chi connectivity index (χ1) is 6.84.